The summed E-state index contributed by atoms with van der Waals surface area (Å²) < 4.78 is 0. The van der Waals surface area contributed by atoms with E-state index in [4.69, 9.17) is 0 Å². The van der Waals surface area contributed by atoms with Crippen molar-refractivity contribution in [2.75, 3.05) is 17.6 Å². The lowest BCUT2D eigenvalue weighted by atomic mass is 10.1. The standard InChI is InChI=1S/C14H21N3O2S/c1-2-9-15-13-8-7-12(17(18)19)14(16-13)20-10-11-5-3-4-6-11/h7-8,11H,2-6,9-10H2,1H3,(H,15,16). The summed E-state index contributed by atoms with van der Waals surface area (Å²) in [5, 5.41) is 14.8. The van der Waals surface area contributed by atoms with Crippen molar-refractivity contribution in [2.24, 2.45) is 5.92 Å². The fourth-order valence-corrected chi connectivity index (χ4v) is 3.58. The van der Waals surface area contributed by atoms with Crippen LogP contribution in [0.5, 0.6) is 0 Å². The minimum atomic E-state index is -0.340. The lowest BCUT2D eigenvalue weighted by Crippen LogP contribution is -2.04. The molecule has 1 heterocycles. The largest absolute Gasteiger partial charge is 0.370 e. The number of pyridine rings is 1. The first kappa shape index (κ1) is 15.1. The van der Waals surface area contributed by atoms with Gasteiger partial charge >= 0.3 is 5.69 Å². The molecule has 20 heavy (non-hydrogen) atoms. The highest BCUT2D eigenvalue weighted by molar-refractivity contribution is 7.99. The van der Waals surface area contributed by atoms with Gasteiger partial charge in [-0.05, 0) is 31.2 Å². The van der Waals surface area contributed by atoms with Crippen LogP contribution in [-0.2, 0) is 0 Å². The summed E-state index contributed by atoms with van der Waals surface area (Å²) in [6.45, 7) is 2.91. The van der Waals surface area contributed by atoms with Crippen molar-refractivity contribution < 1.29 is 4.92 Å². The summed E-state index contributed by atoms with van der Waals surface area (Å²) in [4.78, 5) is 15.1. The molecule has 1 aliphatic carbocycles. The van der Waals surface area contributed by atoms with E-state index in [9.17, 15) is 10.1 Å². The smallest absolute Gasteiger partial charge is 0.301 e. The van der Waals surface area contributed by atoms with E-state index in [2.05, 4.69) is 17.2 Å². The third-order valence-electron chi connectivity index (χ3n) is 3.52. The number of hydrogen-bond donors (Lipinski definition) is 1. The Hall–Kier alpha value is -1.30. The van der Waals surface area contributed by atoms with E-state index in [0.717, 1.165) is 24.5 Å². The van der Waals surface area contributed by atoms with Crippen LogP contribution < -0.4 is 5.32 Å². The number of nitro groups is 1. The second-order valence-electron chi connectivity index (χ2n) is 5.17. The van der Waals surface area contributed by atoms with Crippen molar-refractivity contribution in [1.82, 2.24) is 4.98 Å². The zero-order chi connectivity index (χ0) is 14.4. The van der Waals surface area contributed by atoms with Crippen molar-refractivity contribution in [3.63, 3.8) is 0 Å². The van der Waals surface area contributed by atoms with Crippen LogP contribution in [0, 0.1) is 16.0 Å². The average Bonchev–Trinajstić information content (AvgIpc) is 2.96. The Bertz CT molecular complexity index is 462. The molecule has 5 nitrogen and oxygen atoms in total. The Morgan fingerprint density at radius 1 is 1.45 bits per heavy atom. The van der Waals surface area contributed by atoms with E-state index in [1.165, 1.54) is 37.4 Å². The third kappa shape index (κ3) is 4.10. The van der Waals surface area contributed by atoms with Crippen LogP contribution in [0.3, 0.4) is 0 Å². The van der Waals surface area contributed by atoms with Gasteiger partial charge < -0.3 is 5.32 Å². The molecule has 0 unspecified atom stereocenters. The number of nitrogens with zero attached hydrogens (tertiary/aromatic N) is 2. The maximum absolute atomic E-state index is 11.1. The summed E-state index contributed by atoms with van der Waals surface area (Å²) in [6.07, 6.45) is 6.07. The molecule has 0 aliphatic heterocycles. The summed E-state index contributed by atoms with van der Waals surface area (Å²) in [5.41, 5.74) is 0.120. The van der Waals surface area contributed by atoms with Crippen LogP contribution in [0.2, 0.25) is 0 Å². The maximum Gasteiger partial charge on any atom is 0.301 e. The van der Waals surface area contributed by atoms with Gasteiger partial charge in [-0.2, -0.15) is 0 Å². The van der Waals surface area contributed by atoms with Gasteiger partial charge in [0.25, 0.3) is 0 Å². The number of anilines is 1. The number of aromatic nitrogens is 1. The Labute approximate surface area is 123 Å². The number of hydrogen-bond acceptors (Lipinski definition) is 5. The van der Waals surface area contributed by atoms with E-state index in [-0.39, 0.29) is 10.6 Å². The Balaban J connectivity index is 2.06. The monoisotopic (exact) mass is 295 g/mol. The van der Waals surface area contributed by atoms with Gasteiger partial charge in [0.1, 0.15) is 5.82 Å². The average molecular weight is 295 g/mol. The Morgan fingerprint density at radius 2 is 2.20 bits per heavy atom. The maximum atomic E-state index is 11.1. The summed E-state index contributed by atoms with van der Waals surface area (Å²) in [7, 11) is 0. The van der Waals surface area contributed by atoms with Gasteiger partial charge in [0.05, 0.1) is 4.92 Å². The van der Waals surface area contributed by atoms with Gasteiger partial charge in [0, 0.05) is 18.4 Å². The lowest BCUT2D eigenvalue weighted by Gasteiger charge is -2.10. The van der Waals surface area contributed by atoms with Crippen molar-refractivity contribution >= 4 is 23.3 Å². The van der Waals surface area contributed by atoms with E-state index < -0.39 is 0 Å². The van der Waals surface area contributed by atoms with Crippen molar-refractivity contribution in [2.45, 2.75) is 44.1 Å². The van der Waals surface area contributed by atoms with Crippen molar-refractivity contribution in [1.29, 1.82) is 0 Å². The molecule has 0 atom stereocenters. The van der Waals surface area contributed by atoms with E-state index in [0.29, 0.717) is 10.9 Å². The molecule has 0 aromatic carbocycles. The molecule has 0 bridgehead atoms. The van der Waals surface area contributed by atoms with Gasteiger partial charge in [-0.1, -0.05) is 31.5 Å². The van der Waals surface area contributed by atoms with Gasteiger partial charge in [-0.25, -0.2) is 4.98 Å². The first-order chi connectivity index (χ1) is 9.70. The molecule has 1 N–H and O–H groups in total. The van der Waals surface area contributed by atoms with Crippen LogP contribution >= 0.6 is 11.8 Å². The fraction of sp³-hybridized carbons (Fsp3) is 0.643. The van der Waals surface area contributed by atoms with E-state index >= 15 is 0 Å². The highest BCUT2D eigenvalue weighted by Gasteiger charge is 2.20. The zero-order valence-corrected chi connectivity index (χ0v) is 12.6. The predicted molar refractivity (Wildman–Crippen MR) is 82.4 cm³/mol. The van der Waals surface area contributed by atoms with Gasteiger partial charge in [0.2, 0.25) is 0 Å². The Morgan fingerprint density at radius 3 is 2.85 bits per heavy atom. The van der Waals surface area contributed by atoms with Crippen LogP contribution in [0.25, 0.3) is 0 Å². The molecule has 0 amide bonds. The molecule has 2 rings (SSSR count). The molecular weight excluding hydrogens is 274 g/mol. The molecule has 0 radical (unpaired) electrons. The Kier molecular flexibility index (Phi) is 5.64. The van der Waals surface area contributed by atoms with Crippen LogP contribution in [0.15, 0.2) is 17.2 Å². The van der Waals surface area contributed by atoms with Crippen LogP contribution in [0.4, 0.5) is 11.5 Å². The molecule has 6 heteroatoms. The van der Waals surface area contributed by atoms with E-state index in [1.54, 1.807) is 12.1 Å². The van der Waals surface area contributed by atoms with Crippen LogP contribution in [0.1, 0.15) is 39.0 Å². The highest BCUT2D eigenvalue weighted by Crippen LogP contribution is 2.34. The lowest BCUT2D eigenvalue weighted by molar-refractivity contribution is -0.388. The predicted octanol–water partition coefficient (Wildman–Crippen LogP) is 4.09. The minimum absolute atomic E-state index is 0.120. The molecule has 1 aromatic heterocycles. The van der Waals surface area contributed by atoms with Crippen molar-refractivity contribution in [3.8, 4) is 0 Å². The molecule has 0 spiro atoms. The molecule has 0 saturated heterocycles. The molecule has 1 saturated carbocycles. The minimum Gasteiger partial charge on any atom is -0.370 e. The molecule has 110 valence electrons. The number of rotatable bonds is 7. The van der Waals surface area contributed by atoms with Crippen molar-refractivity contribution in [3.05, 3.63) is 22.2 Å². The molecule has 1 aliphatic rings. The zero-order valence-electron chi connectivity index (χ0n) is 11.8. The second-order valence-corrected chi connectivity index (χ2v) is 6.17. The number of thioether (sulfide) groups is 1. The normalized spacial score (nSPS) is 15.4. The van der Waals surface area contributed by atoms with Gasteiger partial charge in [-0.3, -0.25) is 10.1 Å². The SMILES string of the molecule is CCCNc1ccc([N+](=O)[O-])c(SCC2CCCC2)n1. The van der Waals surface area contributed by atoms with Gasteiger partial charge in [0.15, 0.2) is 5.03 Å². The molecule has 1 aromatic rings. The second kappa shape index (κ2) is 7.47. The highest BCUT2D eigenvalue weighted by atomic mass is 32.2. The van der Waals surface area contributed by atoms with Crippen LogP contribution in [-0.4, -0.2) is 22.2 Å². The number of nitrogens with one attached hydrogen (secondary N) is 1. The quantitative estimate of drug-likeness (QED) is 0.466. The summed E-state index contributed by atoms with van der Waals surface area (Å²) in [6, 6.07) is 3.25. The molecular formula is C14H21N3O2S. The third-order valence-corrected chi connectivity index (χ3v) is 4.74. The first-order valence-corrected chi connectivity index (χ1v) is 8.21. The fourth-order valence-electron chi connectivity index (χ4n) is 2.40. The summed E-state index contributed by atoms with van der Waals surface area (Å²) in [5.74, 6) is 2.35. The summed E-state index contributed by atoms with van der Waals surface area (Å²) >= 11 is 1.53. The molecule has 1 fully saturated rings. The first-order valence-electron chi connectivity index (χ1n) is 7.22. The van der Waals surface area contributed by atoms with Gasteiger partial charge in [-0.15, -0.1) is 0 Å². The van der Waals surface area contributed by atoms with E-state index in [1.807, 2.05) is 0 Å². The topological polar surface area (TPSA) is 68.1 Å².